The molecular weight excluding hydrogens is 285 g/mol. The summed E-state index contributed by atoms with van der Waals surface area (Å²) in [5.41, 5.74) is 0.965. The predicted octanol–water partition coefficient (Wildman–Crippen LogP) is 3.14. The number of likely N-dealkylation sites (N-methyl/N-ethyl adjacent to an activating group) is 1. The fraction of sp³-hybridized carbons (Fsp3) is 0.538. The molecular formula is C13H19BrFNO. The molecule has 0 aliphatic rings. The Morgan fingerprint density at radius 3 is 2.59 bits per heavy atom. The van der Waals surface area contributed by atoms with Crippen LogP contribution in [0.4, 0.5) is 4.39 Å². The number of hydrogen-bond acceptors (Lipinski definition) is 2. The molecule has 96 valence electrons. The Morgan fingerprint density at radius 1 is 1.41 bits per heavy atom. The highest BCUT2D eigenvalue weighted by Crippen LogP contribution is 2.17. The summed E-state index contributed by atoms with van der Waals surface area (Å²) in [6, 6.07) is 5.16. The number of halogens is 2. The predicted molar refractivity (Wildman–Crippen MR) is 71.7 cm³/mol. The molecule has 0 radical (unpaired) electrons. The first-order valence-corrected chi connectivity index (χ1v) is 6.55. The molecule has 1 aromatic carbocycles. The number of benzene rings is 1. The topological polar surface area (TPSA) is 21.3 Å². The van der Waals surface area contributed by atoms with Crippen molar-refractivity contribution in [2.24, 2.45) is 0 Å². The van der Waals surface area contributed by atoms with Crippen LogP contribution in [0.3, 0.4) is 0 Å². The van der Waals surface area contributed by atoms with Crippen molar-refractivity contribution in [1.82, 2.24) is 5.32 Å². The Bertz CT molecular complexity index is 335. The second-order valence-electron chi connectivity index (χ2n) is 4.06. The summed E-state index contributed by atoms with van der Waals surface area (Å²) >= 11 is 3.30. The van der Waals surface area contributed by atoms with Gasteiger partial charge in [-0.2, -0.15) is 0 Å². The minimum atomic E-state index is -0.213. The summed E-state index contributed by atoms with van der Waals surface area (Å²) in [6.07, 6.45) is 1.82. The third-order valence-electron chi connectivity index (χ3n) is 2.90. The summed E-state index contributed by atoms with van der Waals surface area (Å²) in [6.45, 7) is 2.08. The number of rotatable bonds is 6. The van der Waals surface area contributed by atoms with Crippen LogP contribution in [0.2, 0.25) is 0 Å². The van der Waals surface area contributed by atoms with Gasteiger partial charge in [-0.15, -0.1) is 0 Å². The first kappa shape index (κ1) is 14.6. The van der Waals surface area contributed by atoms with Crippen molar-refractivity contribution >= 4 is 15.9 Å². The summed E-state index contributed by atoms with van der Waals surface area (Å²) in [7, 11) is 3.61. The van der Waals surface area contributed by atoms with E-state index in [0.29, 0.717) is 0 Å². The lowest BCUT2D eigenvalue weighted by Gasteiger charge is -2.24. The van der Waals surface area contributed by atoms with Gasteiger partial charge in [0.25, 0.3) is 0 Å². The van der Waals surface area contributed by atoms with Crippen molar-refractivity contribution in [3.63, 3.8) is 0 Å². The Kier molecular flexibility index (Phi) is 6.09. The van der Waals surface area contributed by atoms with Crippen LogP contribution >= 0.6 is 15.9 Å². The first-order chi connectivity index (χ1) is 8.10. The second-order valence-corrected chi connectivity index (χ2v) is 4.98. The average Bonchev–Trinajstić information content (AvgIpc) is 2.27. The van der Waals surface area contributed by atoms with Gasteiger partial charge in [-0.25, -0.2) is 4.39 Å². The van der Waals surface area contributed by atoms with Crippen LogP contribution in [0.5, 0.6) is 0 Å². The molecule has 1 aromatic rings. The number of nitrogens with one attached hydrogen (secondary N) is 1. The zero-order valence-electron chi connectivity index (χ0n) is 10.5. The van der Waals surface area contributed by atoms with Crippen molar-refractivity contribution < 1.29 is 9.13 Å². The van der Waals surface area contributed by atoms with Gasteiger partial charge in [-0.05, 0) is 43.7 Å². The van der Waals surface area contributed by atoms with Crippen LogP contribution in [0.1, 0.15) is 18.9 Å². The molecule has 0 saturated heterocycles. The zero-order valence-corrected chi connectivity index (χ0v) is 12.1. The molecule has 17 heavy (non-hydrogen) atoms. The maximum atomic E-state index is 13.3. The van der Waals surface area contributed by atoms with Gasteiger partial charge in [0.1, 0.15) is 5.82 Å². The summed E-state index contributed by atoms with van der Waals surface area (Å²) in [5, 5.41) is 3.23. The fourth-order valence-electron chi connectivity index (χ4n) is 2.02. The molecule has 0 aliphatic carbocycles. The third-order valence-corrected chi connectivity index (χ3v) is 3.36. The summed E-state index contributed by atoms with van der Waals surface area (Å²) in [5.74, 6) is -0.213. The van der Waals surface area contributed by atoms with Crippen LogP contribution in [0.25, 0.3) is 0 Å². The Balaban J connectivity index is 2.79. The molecule has 0 aliphatic heterocycles. The molecule has 2 nitrogen and oxygen atoms in total. The van der Waals surface area contributed by atoms with Gasteiger partial charge in [0, 0.05) is 17.6 Å². The SMILES string of the molecule is CCC(OC)C(Cc1cc(F)cc(Br)c1)NC. The van der Waals surface area contributed by atoms with Gasteiger partial charge in [0.2, 0.25) is 0 Å². The molecule has 0 heterocycles. The van der Waals surface area contributed by atoms with Crippen LogP contribution in [-0.2, 0) is 11.2 Å². The van der Waals surface area contributed by atoms with E-state index in [1.54, 1.807) is 13.2 Å². The maximum absolute atomic E-state index is 13.3. The van der Waals surface area contributed by atoms with Crippen LogP contribution in [-0.4, -0.2) is 26.3 Å². The van der Waals surface area contributed by atoms with Crippen molar-refractivity contribution in [2.45, 2.75) is 31.9 Å². The Labute approximate surface area is 111 Å². The average molecular weight is 304 g/mol. The van der Waals surface area contributed by atoms with Gasteiger partial charge in [-0.1, -0.05) is 22.9 Å². The van der Waals surface area contributed by atoms with E-state index in [1.807, 2.05) is 13.1 Å². The number of methoxy groups -OCH3 is 1. The fourth-order valence-corrected chi connectivity index (χ4v) is 2.53. The molecule has 0 fully saturated rings. The molecule has 0 aromatic heterocycles. The van der Waals surface area contributed by atoms with Gasteiger partial charge in [0.05, 0.1) is 6.10 Å². The lowest BCUT2D eigenvalue weighted by Crippen LogP contribution is -2.40. The highest BCUT2D eigenvalue weighted by Gasteiger charge is 2.18. The van der Waals surface area contributed by atoms with Gasteiger partial charge < -0.3 is 10.1 Å². The number of hydrogen-bond donors (Lipinski definition) is 1. The van der Waals surface area contributed by atoms with E-state index < -0.39 is 0 Å². The Morgan fingerprint density at radius 2 is 2.12 bits per heavy atom. The minimum Gasteiger partial charge on any atom is -0.380 e. The van der Waals surface area contributed by atoms with E-state index in [1.165, 1.54) is 6.07 Å². The third kappa shape index (κ3) is 4.37. The van der Waals surface area contributed by atoms with E-state index in [2.05, 4.69) is 28.2 Å². The standard InChI is InChI=1S/C13H19BrFNO/c1-4-13(17-3)12(16-2)7-9-5-10(14)8-11(15)6-9/h5-6,8,12-13,16H,4,7H2,1-3H3. The second kappa shape index (κ2) is 7.09. The minimum absolute atomic E-state index is 0.141. The highest BCUT2D eigenvalue weighted by atomic mass is 79.9. The molecule has 2 unspecified atom stereocenters. The van der Waals surface area contributed by atoms with Crippen LogP contribution in [0.15, 0.2) is 22.7 Å². The van der Waals surface area contributed by atoms with E-state index >= 15 is 0 Å². The summed E-state index contributed by atoms with van der Waals surface area (Å²) < 4.78 is 19.5. The van der Waals surface area contributed by atoms with E-state index in [4.69, 9.17) is 4.74 Å². The van der Waals surface area contributed by atoms with Gasteiger partial charge >= 0.3 is 0 Å². The highest BCUT2D eigenvalue weighted by molar-refractivity contribution is 9.10. The van der Waals surface area contributed by atoms with Crippen molar-refractivity contribution in [3.8, 4) is 0 Å². The molecule has 0 spiro atoms. The first-order valence-electron chi connectivity index (χ1n) is 5.75. The van der Waals surface area contributed by atoms with Crippen molar-refractivity contribution in [1.29, 1.82) is 0 Å². The number of ether oxygens (including phenoxy) is 1. The molecule has 0 saturated carbocycles. The smallest absolute Gasteiger partial charge is 0.124 e. The van der Waals surface area contributed by atoms with Gasteiger partial charge in [-0.3, -0.25) is 0 Å². The van der Waals surface area contributed by atoms with Gasteiger partial charge in [0.15, 0.2) is 0 Å². The van der Waals surface area contributed by atoms with E-state index in [-0.39, 0.29) is 18.0 Å². The van der Waals surface area contributed by atoms with Crippen molar-refractivity contribution in [2.75, 3.05) is 14.2 Å². The largest absolute Gasteiger partial charge is 0.380 e. The molecule has 1 rings (SSSR count). The molecule has 1 N–H and O–H groups in total. The lowest BCUT2D eigenvalue weighted by molar-refractivity contribution is 0.0678. The normalized spacial score (nSPS) is 14.6. The van der Waals surface area contributed by atoms with E-state index in [9.17, 15) is 4.39 Å². The summed E-state index contributed by atoms with van der Waals surface area (Å²) in [4.78, 5) is 0. The van der Waals surface area contributed by atoms with Crippen molar-refractivity contribution in [3.05, 3.63) is 34.1 Å². The van der Waals surface area contributed by atoms with Crippen LogP contribution < -0.4 is 5.32 Å². The zero-order chi connectivity index (χ0) is 12.8. The molecule has 0 amide bonds. The maximum Gasteiger partial charge on any atom is 0.124 e. The monoisotopic (exact) mass is 303 g/mol. The van der Waals surface area contributed by atoms with E-state index in [0.717, 1.165) is 22.9 Å². The Hall–Kier alpha value is -0.450. The molecule has 4 heteroatoms. The van der Waals surface area contributed by atoms with Crippen LogP contribution in [0, 0.1) is 5.82 Å². The quantitative estimate of drug-likeness (QED) is 0.872. The molecule has 2 atom stereocenters. The molecule has 0 bridgehead atoms. The lowest BCUT2D eigenvalue weighted by atomic mass is 10.00.